The number of hydrogen-bond acceptors (Lipinski definition) is 18. The molecule has 0 aliphatic heterocycles. The van der Waals surface area contributed by atoms with Crippen molar-refractivity contribution >= 4 is 70.1 Å². The van der Waals surface area contributed by atoms with Crippen molar-refractivity contribution in [1.82, 2.24) is 41.2 Å². The van der Waals surface area contributed by atoms with E-state index in [0.717, 1.165) is 75.6 Å². The first-order chi connectivity index (χ1) is 38.1. The standard InChI is InChI=1S/C54H82Cl2N14O10/c1-7-11-37(33-63-51(73)41-47(57)67-49(59)45(55)65-41)69(3,4)25-9-13-35-15-19-39(20-16-35)79-31-29-77-27-23-61-53(75)43(71)44(72)54(76)62-24-28-78-30-32-80-40-21-17-36(18-22-40)14-10-26-70(5,6)38(12-8-2)34-64-52(74)42-48(58)68-50(60)46(56)66-42/h15-22,37-38,43-44,71-72H,7-14,23-34H2,1-6H3,(H10-2,57,58,59,60,61,62,63,64,67,68,73,74,75,76)/p+2. The number of aliphatic hydroxyl groups is 2. The van der Waals surface area contributed by atoms with E-state index in [1.54, 1.807) is 0 Å². The van der Waals surface area contributed by atoms with E-state index >= 15 is 0 Å². The Hall–Kier alpha value is -6.38. The van der Waals surface area contributed by atoms with Crippen LogP contribution in [0.25, 0.3) is 0 Å². The largest absolute Gasteiger partial charge is 0.491 e. The van der Waals surface area contributed by atoms with Gasteiger partial charge < -0.3 is 82.3 Å². The number of likely N-dealkylation sites (N-methyl/N-ethyl adjacent to an activating group) is 2. The fraction of sp³-hybridized carbons (Fsp3) is 0.556. The monoisotopic (exact) mass is 1160 g/mol. The zero-order valence-electron chi connectivity index (χ0n) is 47.0. The number of ether oxygens (including phenoxy) is 4. The summed E-state index contributed by atoms with van der Waals surface area (Å²) in [5, 5.41) is 31.2. The van der Waals surface area contributed by atoms with Crippen LogP contribution in [-0.4, -0.2) is 194 Å². The van der Waals surface area contributed by atoms with E-state index in [0.29, 0.717) is 33.6 Å². The van der Waals surface area contributed by atoms with Crippen molar-refractivity contribution in [3.8, 4) is 11.5 Å². The maximum Gasteiger partial charge on any atom is 0.274 e. The average molecular weight is 1160 g/mol. The molecule has 2 heterocycles. The lowest BCUT2D eigenvalue weighted by molar-refractivity contribution is -0.914. The van der Waals surface area contributed by atoms with Gasteiger partial charge in [0.1, 0.15) is 36.8 Å². The fourth-order valence-corrected chi connectivity index (χ4v) is 9.00. The van der Waals surface area contributed by atoms with Gasteiger partial charge in [0.05, 0.1) is 80.8 Å². The summed E-state index contributed by atoms with van der Waals surface area (Å²) < 4.78 is 24.1. The van der Waals surface area contributed by atoms with E-state index < -0.39 is 35.8 Å². The number of quaternary nitrogens is 2. The normalized spacial score (nSPS) is 13.2. The third-order valence-electron chi connectivity index (χ3n) is 13.6. The summed E-state index contributed by atoms with van der Waals surface area (Å²) in [6.07, 6.45) is 3.30. The lowest BCUT2D eigenvalue weighted by Crippen LogP contribution is -2.54. The van der Waals surface area contributed by atoms with E-state index in [-0.39, 0.29) is 110 Å². The van der Waals surface area contributed by atoms with Crippen molar-refractivity contribution in [1.29, 1.82) is 0 Å². The Morgan fingerprint density at radius 1 is 0.537 bits per heavy atom. The summed E-state index contributed by atoms with van der Waals surface area (Å²) in [4.78, 5) is 66.4. The van der Waals surface area contributed by atoms with Crippen LogP contribution in [0.5, 0.6) is 11.5 Å². The number of hydrogen-bond donors (Lipinski definition) is 10. The molecule has 0 radical (unpaired) electrons. The van der Waals surface area contributed by atoms with Gasteiger partial charge in [-0.1, -0.05) is 74.2 Å². The number of carbonyl (C=O) groups excluding carboxylic acids is 4. The van der Waals surface area contributed by atoms with E-state index in [2.05, 4.69) is 83.2 Å². The van der Waals surface area contributed by atoms with Gasteiger partial charge in [0, 0.05) is 38.8 Å². The third kappa shape index (κ3) is 21.9. The number of nitrogens with one attached hydrogen (secondary N) is 4. The van der Waals surface area contributed by atoms with Crippen molar-refractivity contribution in [2.75, 3.05) is 130 Å². The number of carbonyl (C=O) groups is 4. The molecule has 0 bridgehead atoms. The van der Waals surface area contributed by atoms with E-state index in [1.807, 2.05) is 48.5 Å². The summed E-state index contributed by atoms with van der Waals surface area (Å²) in [5.41, 5.74) is 25.2. The number of halogens is 2. The average Bonchev–Trinajstić information content (AvgIpc) is 3.43. The molecule has 442 valence electrons. The highest BCUT2D eigenvalue weighted by Gasteiger charge is 2.32. The molecule has 4 unspecified atom stereocenters. The Balaban J connectivity index is 1.01. The van der Waals surface area contributed by atoms with Crippen LogP contribution >= 0.6 is 23.2 Å². The fourth-order valence-electron chi connectivity index (χ4n) is 8.75. The lowest BCUT2D eigenvalue weighted by Gasteiger charge is -2.38. The molecule has 4 rings (SSSR count). The second-order valence-electron chi connectivity index (χ2n) is 20.5. The second kappa shape index (κ2) is 33.4. The molecule has 26 heteroatoms. The molecule has 2 aromatic heterocycles. The number of nitrogens with zero attached hydrogens (tertiary/aromatic N) is 6. The number of aliphatic hydroxyl groups excluding tert-OH is 2. The highest BCUT2D eigenvalue weighted by atomic mass is 35.5. The van der Waals surface area contributed by atoms with E-state index in [1.165, 1.54) is 0 Å². The van der Waals surface area contributed by atoms with Gasteiger partial charge in [-0.05, 0) is 48.2 Å². The topological polar surface area (TPSA) is 349 Å². The predicted molar refractivity (Wildman–Crippen MR) is 308 cm³/mol. The Labute approximate surface area is 479 Å². The highest BCUT2D eigenvalue weighted by Crippen LogP contribution is 2.22. The number of nitrogens with two attached hydrogens (primary N) is 4. The van der Waals surface area contributed by atoms with Crippen molar-refractivity contribution in [2.24, 2.45) is 0 Å². The highest BCUT2D eigenvalue weighted by molar-refractivity contribution is 6.32. The number of aryl methyl sites for hydroxylation is 2. The molecule has 14 N–H and O–H groups in total. The summed E-state index contributed by atoms with van der Waals surface area (Å²) >= 11 is 11.9. The van der Waals surface area contributed by atoms with E-state index in [9.17, 15) is 29.4 Å². The number of benzene rings is 2. The van der Waals surface area contributed by atoms with E-state index in [4.69, 9.17) is 65.1 Å². The quantitative estimate of drug-likeness (QED) is 0.0229. The van der Waals surface area contributed by atoms with Crippen molar-refractivity contribution in [3.63, 3.8) is 0 Å². The minimum atomic E-state index is -1.99. The number of nitrogen functional groups attached to an aromatic ring is 4. The van der Waals surface area contributed by atoms with Crippen LogP contribution < -0.4 is 53.7 Å². The second-order valence-corrected chi connectivity index (χ2v) is 21.2. The molecule has 2 aromatic carbocycles. The SMILES string of the molecule is CCCC(CNC(=O)c1nc(Cl)c(N)nc1N)[N+](C)(C)CCCc1ccc(OCCOCCNC(=O)C(O)C(O)C(=O)NCCOCCOc2ccc(CCC[N+](C)(C)C(CCC)CNC(=O)c3nc(Cl)c(N)nc3N)cc2)cc1. The zero-order valence-corrected chi connectivity index (χ0v) is 48.5. The number of aromatic nitrogens is 4. The van der Waals surface area contributed by atoms with Crippen LogP contribution in [0.15, 0.2) is 48.5 Å². The van der Waals surface area contributed by atoms with Crippen LogP contribution in [0.1, 0.15) is 84.5 Å². The molecule has 0 saturated heterocycles. The van der Waals surface area contributed by atoms with Crippen LogP contribution in [0.3, 0.4) is 0 Å². The molecule has 0 saturated carbocycles. The molecular weight excluding hydrogens is 1080 g/mol. The molecule has 4 amide bonds. The molecule has 4 atom stereocenters. The zero-order chi connectivity index (χ0) is 58.8. The Bertz CT molecular complexity index is 2410. The molecule has 4 aromatic rings. The molecule has 0 fully saturated rings. The Morgan fingerprint density at radius 2 is 0.900 bits per heavy atom. The predicted octanol–water partition coefficient (Wildman–Crippen LogP) is 2.56. The summed E-state index contributed by atoms with van der Waals surface area (Å²) in [6.45, 7) is 8.13. The van der Waals surface area contributed by atoms with Crippen molar-refractivity contribution < 1.29 is 57.3 Å². The molecular formula is C54H84Cl2N14O10+2. The molecule has 0 aliphatic carbocycles. The van der Waals surface area contributed by atoms with Gasteiger partial charge in [-0.25, -0.2) is 19.9 Å². The Kier molecular flexibility index (Phi) is 27.6. The lowest BCUT2D eigenvalue weighted by atomic mass is 10.1. The van der Waals surface area contributed by atoms with Crippen LogP contribution in [-0.2, 0) is 31.9 Å². The number of anilines is 4. The van der Waals surface area contributed by atoms with Gasteiger partial charge in [-0.15, -0.1) is 0 Å². The maximum atomic E-state index is 12.9. The first kappa shape index (κ1) is 66.1. The first-order valence-corrected chi connectivity index (χ1v) is 27.7. The molecule has 80 heavy (non-hydrogen) atoms. The number of amides is 4. The van der Waals surface area contributed by atoms with Crippen LogP contribution in [0, 0.1) is 0 Å². The number of rotatable bonds is 37. The first-order valence-electron chi connectivity index (χ1n) is 27.0. The van der Waals surface area contributed by atoms with Crippen molar-refractivity contribution in [2.45, 2.75) is 89.5 Å². The summed E-state index contributed by atoms with van der Waals surface area (Å²) in [5.74, 6) is -1.61. The molecule has 0 aliphatic rings. The van der Waals surface area contributed by atoms with Crippen molar-refractivity contribution in [3.05, 3.63) is 81.4 Å². The minimum Gasteiger partial charge on any atom is -0.491 e. The van der Waals surface area contributed by atoms with Gasteiger partial charge in [-0.3, -0.25) is 19.2 Å². The van der Waals surface area contributed by atoms with Gasteiger partial charge >= 0.3 is 0 Å². The smallest absolute Gasteiger partial charge is 0.274 e. The summed E-state index contributed by atoms with van der Waals surface area (Å²) in [7, 11) is 8.63. The van der Waals surface area contributed by atoms with Gasteiger partial charge in [0.15, 0.2) is 57.2 Å². The van der Waals surface area contributed by atoms with Crippen LogP contribution in [0.4, 0.5) is 23.3 Å². The molecule has 24 nitrogen and oxygen atoms in total. The minimum absolute atomic E-state index is 0.0329. The van der Waals surface area contributed by atoms with Gasteiger partial charge in [0.2, 0.25) is 0 Å². The Morgan fingerprint density at radius 3 is 1.25 bits per heavy atom. The van der Waals surface area contributed by atoms with Crippen LogP contribution in [0.2, 0.25) is 10.3 Å². The van der Waals surface area contributed by atoms with Gasteiger partial charge in [-0.2, -0.15) is 0 Å². The summed E-state index contributed by atoms with van der Waals surface area (Å²) in [6, 6.07) is 16.0. The third-order valence-corrected chi connectivity index (χ3v) is 14.2. The maximum absolute atomic E-state index is 12.9. The van der Waals surface area contributed by atoms with Gasteiger partial charge in [0.25, 0.3) is 23.6 Å². The molecule has 0 spiro atoms.